The molecule has 0 amide bonds. The molecule has 0 heterocycles. The standard InChI is InChI=1S/C7H8O4/c1-3-11-6(8)4-5(2)7(9)10/h3-4H,1H2,2H3,(H,9,10)/b5-4+. The van der Waals surface area contributed by atoms with Crippen molar-refractivity contribution in [3.63, 3.8) is 0 Å². The Kier molecular flexibility index (Phi) is 3.66. The first-order chi connectivity index (χ1) is 5.07. The summed E-state index contributed by atoms with van der Waals surface area (Å²) in [5.74, 6) is -1.88. The van der Waals surface area contributed by atoms with Crippen LogP contribution in [-0.2, 0) is 14.3 Å². The number of esters is 1. The maximum Gasteiger partial charge on any atom is 0.336 e. The van der Waals surface area contributed by atoms with Crippen LogP contribution in [-0.4, -0.2) is 17.0 Å². The summed E-state index contributed by atoms with van der Waals surface area (Å²) in [6.45, 7) is 4.43. The molecule has 4 heteroatoms. The molecule has 0 saturated carbocycles. The van der Waals surface area contributed by atoms with E-state index in [1.165, 1.54) is 6.92 Å². The molecule has 0 saturated heterocycles. The number of rotatable bonds is 3. The molecule has 0 unspecified atom stereocenters. The minimum absolute atomic E-state index is 0.0724. The first-order valence-electron chi connectivity index (χ1n) is 2.81. The topological polar surface area (TPSA) is 63.6 Å². The average molecular weight is 156 g/mol. The molecule has 1 N–H and O–H groups in total. The lowest BCUT2D eigenvalue weighted by Gasteiger charge is -1.92. The minimum Gasteiger partial charge on any atom is -0.478 e. The van der Waals surface area contributed by atoms with Gasteiger partial charge in [0.05, 0.1) is 6.26 Å². The summed E-state index contributed by atoms with van der Waals surface area (Å²) in [5.41, 5.74) is -0.0724. The largest absolute Gasteiger partial charge is 0.478 e. The Morgan fingerprint density at radius 3 is 2.45 bits per heavy atom. The molecular weight excluding hydrogens is 148 g/mol. The third kappa shape index (κ3) is 3.91. The number of ether oxygens (including phenoxy) is 1. The van der Waals surface area contributed by atoms with Crippen LogP contribution in [0, 0.1) is 0 Å². The highest BCUT2D eigenvalue weighted by molar-refractivity contribution is 5.94. The molecule has 0 atom stereocenters. The van der Waals surface area contributed by atoms with Crippen molar-refractivity contribution in [2.45, 2.75) is 6.92 Å². The summed E-state index contributed by atoms with van der Waals surface area (Å²) in [6.07, 6.45) is 1.82. The third-order valence-corrected chi connectivity index (χ3v) is 0.871. The SMILES string of the molecule is C=COC(=O)/C=C(\C)C(=O)O. The van der Waals surface area contributed by atoms with Crippen molar-refractivity contribution in [2.75, 3.05) is 0 Å². The predicted molar refractivity (Wildman–Crippen MR) is 37.7 cm³/mol. The zero-order valence-corrected chi connectivity index (χ0v) is 6.03. The molecule has 60 valence electrons. The highest BCUT2D eigenvalue weighted by atomic mass is 16.5. The van der Waals surface area contributed by atoms with Crippen molar-refractivity contribution in [1.82, 2.24) is 0 Å². The molecule has 0 fully saturated rings. The molecule has 0 aliphatic heterocycles. The average Bonchev–Trinajstić information content (AvgIpc) is 1.87. The normalized spacial score (nSPS) is 10.5. The molecular formula is C7H8O4. The lowest BCUT2D eigenvalue weighted by molar-refractivity contribution is -0.135. The van der Waals surface area contributed by atoms with Gasteiger partial charge in [0.25, 0.3) is 0 Å². The maximum absolute atomic E-state index is 10.5. The summed E-state index contributed by atoms with van der Waals surface area (Å²) in [5, 5.41) is 8.30. The fourth-order valence-corrected chi connectivity index (χ4v) is 0.355. The highest BCUT2D eigenvalue weighted by Gasteiger charge is 2.02. The van der Waals surface area contributed by atoms with Gasteiger partial charge in [-0.25, -0.2) is 9.59 Å². The molecule has 0 bridgehead atoms. The summed E-state index contributed by atoms with van der Waals surface area (Å²) < 4.78 is 4.25. The third-order valence-electron chi connectivity index (χ3n) is 0.871. The summed E-state index contributed by atoms with van der Waals surface area (Å²) in [4.78, 5) is 20.7. The predicted octanol–water partition coefficient (Wildman–Crippen LogP) is 0.704. The number of carboxylic acid groups (broad SMARTS) is 1. The van der Waals surface area contributed by atoms with Gasteiger partial charge in [0, 0.05) is 11.6 Å². The monoisotopic (exact) mass is 156 g/mol. The maximum atomic E-state index is 10.5. The van der Waals surface area contributed by atoms with Gasteiger partial charge in [0.15, 0.2) is 0 Å². The van der Waals surface area contributed by atoms with Gasteiger partial charge < -0.3 is 9.84 Å². The Hall–Kier alpha value is -1.58. The van der Waals surface area contributed by atoms with E-state index < -0.39 is 11.9 Å². The van der Waals surface area contributed by atoms with Gasteiger partial charge in [-0.2, -0.15) is 0 Å². The molecule has 0 spiro atoms. The van der Waals surface area contributed by atoms with E-state index in [9.17, 15) is 9.59 Å². The summed E-state index contributed by atoms with van der Waals surface area (Å²) >= 11 is 0. The van der Waals surface area contributed by atoms with Gasteiger partial charge >= 0.3 is 11.9 Å². The Labute approximate surface area is 63.8 Å². The fourth-order valence-electron chi connectivity index (χ4n) is 0.355. The van der Waals surface area contributed by atoms with Gasteiger partial charge in [-0.3, -0.25) is 0 Å². The van der Waals surface area contributed by atoms with Crippen molar-refractivity contribution in [1.29, 1.82) is 0 Å². The first kappa shape index (κ1) is 9.42. The Balaban J connectivity index is 4.18. The lowest BCUT2D eigenvalue weighted by atomic mass is 10.3. The van der Waals surface area contributed by atoms with Gasteiger partial charge in [0.1, 0.15) is 0 Å². The van der Waals surface area contributed by atoms with Crippen LogP contribution in [0.1, 0.15) is 6.92 Å². The number of aliphatic carboxylic acids is 1. The van der Waals surface area contributed by atoms with E-state index in [0.29, 0.717) is 0 Å². The number of hydrogen-bond donors (Lipinski definition) is 1. The minimum atomic E-state index is -1.15. The Morgan fingerprint density at radius 1 is 1.55 bits per heavy atom. The fraction of sp³-hybridized carbons (Fsp3) is 0.143. The van der Waals surface area contributed by atoms with Crippen LogP contribution in [0.5, 0.6) is 0 Å². The molecule has 0 aliphatic rings. The number of carbonyl (C=O) groups is 2. The number of carboxylic acids is 1. The summed E-state index contributed by atoms with van der Waals surface area (Å²) in [6, 6.07) is 0. The number of carbonyl (C=O) groups excluding carboxylic acids is 1. The first-order valence-corrected chi connectivity index (χ1v) is 2.81. The van der Waals surface area contributed by atoms with Crippen LogP contribution in [0.25, 0.3) is 0 Å². The second-order valence-corrected chi connectivity index (χ2v) is 1.74. The van der Waals surface area contributed by atoms with Gasteiger partial charge in [0.2, 0.25) is 0 Å². The van der Waals surface area contributed by atoms with E-state index >= 15 is 0 Å². The van der Waals surface area contributed by atoms with Crippen molar-refractivity contribution in [3.05, 3.63) is 24.5 Å². The van der Waals surface area contributed by atoms with E-state index in [-0.39, 0.29) is 5.57 Å². The molecule has 0 aliphatic carbocycles. The zero-order valence-electron chi connectivity index (χ0n) is 6.03. The lowest BCUT2D eigenvalue weighted by Crippen LogP contribution is -2.01. The summed E-state index contributed by atoms with van der Waals surface area (Å²) in [7, 11) is 0. The van der Waals surface area contributed by atoms with Crippen LogP contribution in [0.3, 0.4) is 0 Å². The van der Waals surface area contributed by atoms with E-state index in [2.05, 4.69) is 11.3 Å². The quantitative estimate of drug-likeness (QED) is 0.371. The van der Waals surface area contributed by atoms with E-state index in [4.69, 9.17) is 5.11 Å². The Morgan fingerprint density at radius 2 is 2.09 bits per heavy atom. The molecule has 0 aromatic heterocycles. The van der Waals surface area contributed by atoms with Crippen LogP contribution in [0.2, 0.25) is 0 Å². The van der Waals surface area contributed by atoms with Gasteiger partial charge in [-0.05, 0) is 6.92 Å². The van der Waals surface area contributed by atoms with Crippen LogP contribution in [0.4, 0.5) is 0 Å². The van der Waals surface area contributed by atoms with E-state index in [1.807, 2.05) is 0 Å². The van der Waals surface area contributed by atoms with Crippen molar-refractivity contribution >= 4 is 11.9 Å². The Bertz CT molecular complexity index is 214. The molecule has 0 rings (SSSR count). The smallest absolute Gasteiger partial charge is 0.336 e. The van der Waals surface area contributed by atoms with Crippen LogP contribution < -0.4 is 0 Å². The molecule has 11 heavy (non-hydrogen) atoms. The number of hydrogen-bond acceptors (Lipinski definition) is 3. The van der Waals surface area contributed by atoms with E-state index in [0.717, 1.165) is 12.3 Å². The van der Waals surface area contributed by atoms with Crippen molar-refractivity contribution in [3.8, 4) is 0 Å². The van der Waals surface area contributed by atoms with Crippen molar-refractivity contribution < 1.29 is 19.4 Å². The second kappa shape index (κ2) is 4.27. The zero-order chi connectivity index (χ0) is 8.85. The second-order valence-electron chi connectivity index (χ2n) is 1.74. The van der Waals surface area contributed by atoms with Crippen molar-refractivity contribution in [2.24, 2.45) is 0 Å². The van der Waals surface area contributed by atoms with E-state index in [1.54, 1.807) is 0 Å². The molecule has 0 aromatic carbocycles. The van der Waals surface area contributed by atoms with Crippen LogP contribution >= 0.6 is 0 Å². The highest BCUT2D eigenvalue weighted by Crippen LogP contribution is 1.93. The molecule has 0 aromatic rings. The van der Waals surface area contributed by atoms with Crippen LogP contribution in [0.15, 0.2) is 24.5 Å². The van der Waals surface area contributed by atoms with Gasteiger partial charge in [-0.1, -0.05) is 6.58 Å². The van der Waals surface area contributed by atoms with Gasteiger partial charge in [-0.15, -0.1) is 0 Å². The molecule has 4 nitrogen and oxygen atoms in total. The molecule has 0 radical (unpaired) electrons.